The standard InChI is InChI=1S/C17H25ClN2O2.ClH/c1-3-20-6-4-12(5-7-20)8-14(21)9-13-10-15(18)16(19)11-17(13)22-2;/h10-12H,3-9,19H2,1-2H3;1H. The summed E-state index contributed by atoms with van der Waals surface area (Å²) in [5.74, 6) is 1.38. The average molecular weight is 361 g/mol. The number of methoxy groups -OCH3 is 1. The predicted octanol–water partition coefficient (Wildman–Crippen LogP) is 3.59. The Hall–Kier alpha value is -0.970. The van der Waals surface area contributed by atoms with E-state index in [4.69, 9.17) is 22.1 Å². The third kappa shape index (κ3) is 5.55. The van der Waals surface area contributed by atoms with Crippen LogP contribution in [-0.2, 0) is 11.2 Å². The monoisotopic (exact) mass is 360 g/mol. The van der Waals surface area contributed by atoms with Crippen molar-refractivity contribution in [2.24, 2.45) is 5.92 Å². The highest BCUT2D eigenvalue weighted by Gasteiger charge is 2.21. The topological polar surface area (TPSA) is 55.6 Å². The fraction of sp³-hybridized carbons (Fsp3) is 0.588. The number of anilines is 1. The summed E-state index contributed by atoms with van der Waals surface area (Å²) in [4.78, 5) is 14.8. The van der Waals surface area contributed by atoms with Crippen LogP contribution >= 0.6 is 24.0 Å². The van der Waals surface area contributed by atoms with E-state index < -0.39 is 0 Å². The first-order chi connectivity index (χ1) is 10.5. The molecule has 1 aliphatic rings. The normalized spacial score (nSPS) is 16.0. The van der Waals surface area contributed by atoms with Gasteiger partial charge in [0.2, 0.25) is 0 Å². The van der Waals surface area contributed by atoms with Crippen molar-refractivity contribution in [3.8, 4) is 5.75 Å². The van der Waals surface area contributed by atoms with Gasteiger partial charge in [-0.25, -0.2) is 0 Å². The summed E-state index contributed by atoms with van der Waals surface area (Å²) in [6.45, 7) is 5.49. The lowest BCUT2D eigenvalue weighted by atomic mass is 9.90. The van der Waals surface area contributed by atoms with Crippen LogP contribution in [0.25, 0.3) is 0 Å². The SMILES string of the molecule is CCN1CCC(CC(=O)Cc2cc(Cl)c(N)cc2OC)CC1.Cl. The van der Waals surface area contributed by atoms with E-state index >= 15 is 0 Å². The Morgan fingerprint density at radius 3 is 2.61 bits per heavy atom. The van der Waals surface area contributed by atoms with Crippen molar-refractivity contribution < 1.29 is 9.53 Å². The van der Waals surface area contributed by atoms with Crippen LogP contribution in [0.2, 0.25) is 5.02 Å². The number of hydrogen-bond donors (Lipinski definition) is 1. The van der Waals surface area contributed by atoms with E-state index in [1.807, 2.05) is 0 Å². The highest BCUT2D eigenvalue weighted by atomic mass is 35.5. The quantitative estimate of drug-likeness (QED) is 0.787. The highest BCUT2D eigenvalue weighted by molar-refractivity contribution is 6.33. The Bertz CT molecular complexity index is 530. The Morgan fingerprint density at radius 2 is 2.04 bits per heavy atom. The van der Waals surface area contributed by atoms with E-state index in [2.05, 4.69) is 11.8 Å². The molecule has 1 aromatic rings. The minimum Gasteiger partial charge on any atom is -0.496 e. The fourth-order valence-electron chi connectivity index (χ4n) is 3.05. The average Bonchev–Trinajstić information content (AvgIpc) is 2.51. The van der Waals surface area contributed by atoms with E-state index in [9.17, 15) is 4.79 Å². The highest BCUT2D eigenvalue weighted by Crippen LogP contribution is 2.30. The molecule has 2 N–H and O–H groups in total. The number of Topliss-reactive ketones (excluding diaryl/α,β-unsaturated/α-hetero) is 1. The number of nitrogens with zero attached hydrogens (tertiary/aromatic N) is 1. The molecule has 0 saturated carbocycles. The van der Waals surface area contributed by atoms with Crippen LogP contribution in [0.3, 0.4) is 0 Å². The van der Waals surface area contributed by atoms with Crippen LogP contribution in [-0.4, -0.2) is 37.4 Å². The Balaban J connectivity index is 0.00000264. The first-order valence-electron chi connectivity index (χ1n) is 7.89. The number of carbonyl (C=O) groups is 1. The molecule has 0 aliphatic carbocycles. The lowest BCUT2D eigenvalue weighted by molar-refractivity contribution is -0.119. The third-order valence-electron chi connectivity index (χ3n) is 4.46. The molecule has 0 aromatic heterocycles. The van der Waals surface area contributed by atoms with Crippen LogP contribution in [0.5, 0.6) is 5.75 Å². The van der Waals surface area contributed by atoms with Gasteiger partial charge < -0.3 is 15.4 Å². The van der Waals surface area contributed by atoms with Gasteiger partial charge in [-0.1, -0.05) is 18.5 Å². The summed E-state index contributed by atoms with van der Waals surface area (Å²) in [6, 6.07) is 3.43. The molecule has 6 heteroatoms. The van der Waals surface area contributed by atoms with E-state index in [-0.39, 0.29) is 18.2 Å². The second-order valence-electron chi connectivity index (χ2n) is 5.98. The molecule has 0 spiro atoms. The van der Waals surface area contributed by atoms with Crippen molar-refractivity contribution >= 4 is 35.5 Å². The van der Waals surface area contributed by atoms with Crippen molar-refractivity contribution in [1.82, 2.24) is 4.90 Å². The van der Waals surface area contributed by atoms with Crippen LogP contribution in [0, 0.1) is 5.92 Å². The zero-order chi connectivity index (χ0) is 16.1. The zero-order valence-electron chi connectivity index (χ0n) is 13.8. The molecule has 2 rings (SSSR count). The van der Waals surface area contributed by atoms with Crippen LogP contribution in [0.4, 0.5) is 5.69 Å². The molecule has 0 radical (unpaired) electrons. The van der Waals surface area contributed by atoms with E-state index in [0.717, 1.165) is 38.0 Å². The molecule has 23 heavy (non-hydrogen) atoms. The number of ether oxygens (including phenoxy) is 1. The minimum atomic E-state index is 0. The number of hydrogen-bond acceptors (Lipinski definition) is 4. The number of nitrogen functional groups attached to an aromatic ring is 1. The van der Waals surface area contributed by atoms with Crippen molar-refractivity contribution in [2.45, 2.75) is 32.6 Å². The number of halogens is 2. The van der Waals surface area contributed by atoms with Crippen LogP contribution in [0.15, 0.2) is 12.1 Å². The van der Waals surface area contributed by atoms with Gasteiger partial charge in [0.15, 0.2) is 0 Å². The smallest absolute Gasteiger partial charge is 0.137 e. The van der Waals surface area contributed by atoms with Gasteiger partial charge in [-0.2, -0.15) is 0 Å². The van der Waals surface area contributed by atoms with Crippen molar-refractivity contribution in [3.63, 3.8) is 0 Å². The second-order valence-corrected chi connectivity index (χ2v) is 6.39. The molecule has 1 saturated heterocycles. The lowest BCUT2D eigenvalue weighted by Gasteiger charge is -2.30. The molecule has 1 heterocycles. The third-order valence-corrected chi connectivity index (χ3v) is 4.79. The largest absolute Gasteiger partial charge is 0.496 e. The van der Waals surface area contributed by atoms with Gasteiger partial charge in [0.1, 0.15) is 11.5 Å². The van der Waals surface area contributed by atoms with Crippen LogP contribution < -0.4 is 10.5 Å². The summed E-state index contributed by atoms with van der Waals surface area (Å²) >= 11 is 6.05. The summed E-state index contributed by atoms with van der Waals surface area (Å²) in [5, 5.41) is 0.472. The molecule has 0 amide bonds. The summed E-state index contributed by atoms with van der Waals surface area (Å²) in [6.07, 6.45) is 3.22. The Kier molecular flexibility index (Phi) is 8.17. The van der Waals surface area contributed by atoms with Gasteiger partial charge in [0.05, 0.1) is 17.8 Å². The molecule has 1 aliphatic heterocycles. The maximum absolute atomic E-state index is 12.4. The maximum Gasteiger partial charge on any atom is 0.137 e. The van der Waals surface area contributed by atoms with Gasteiger partial charge >= 0.3 is 0 Å². The fourth-order valence-corrected chi connectivity index (χ4v) is 3.24. The minimum absolute atomic E-state index is 0. The molecular weight excluding hydrogens is 335 g/mol. The number of benzene rings is 1. The second kappa shape index (κ2) is 9.36. The van der Waals surface area contributed by atoms with E-state index in [1.165, 1.54) is 0 Å². The first kappa shape index (κ1) is 20.1. The number of rotatable bonds is 6. The molecule has 4 nitrogen and oxygen atoms in total. The van der Waals surface area contributed by atoms with Gasteiger partial charge in [0, 0.05) is 24.5 Å². The first-order valence-corrected chi connectivity index (χ1v) is 8.27. The van der Waals surface area contributed by atoms with Crippen molar-refractivity contribution in [3.05, 3.63) is 22.7 Å². The molecule has 1 fully saturated rings. The predicted molar refractivity (Wildman–Crippen MR) is 97.8 cm³/mol. The summed E-state index contributed by atoms with van der Waals surface area (Å²) in [5.41, 5.74) is 7.06. The number of ketones is 1. The number of likely N-dealkylation sites (tertiary alicyclic amines) is 1. The number of carbonyl (C=O) groups excluding carboxylic acids is 1. The number of nitrogens with two attached hydrogens (primary N) is 1. The van der Waals surface area contributed by atoms with E-state index in [1.54, 1.807) is 19.2 Å². The molecule has 0 bridgehead atoms. The van der Waals surface area contributed by atoms with Crippen molar-refractivity contribution in [2.75, 3.05) is 32.5 Å². The van der Waals surface area contributed by atoms with Crippen molar-refractivity contribution in [1.29, 1.82) is 0 Å². The van der Waals surface area contributed by atoms with Gasteiger partial charge in [-0.3, -0.25) is 4.79 Å². The van der Waals surface area contributed by atoms with Gasteiger partial charge in [-0.05, 0) is 44.5 Å². The maximum atomic E-state index is 12.4. The van der Waals surface area contributed by atoms with Crippen LogP contribution in [0.1, 0.15) is 31.7 Å². The molecule has 130 valence electrons. The number of piperidine rings is 1. The molecular formula is C17H26Cl2N2O2. The Labute approximate surface area is 149 Å². The lowest BCUT2D eigenvalue weighted by Crippen LogP contribution is -2.34. The molecule has 0 unspecified atom stereocenters. The van der Waals surface area contributed by atoms with Gasteiger partial charge in [0.25, 0.3) is 0 Å². The van der Waals surface area contributed by atoms with E-state index in [0.29, 0.717) is 35.2 Å². The Morgan fingerprint density at radius 1 is 1.39 bits per heavy atom. The summed E-state index contributed by atoms with van der Waals surface area (Å²) < 4.78 is 5.30. The van der Waals surface area contributed by atoms with Gasteiger partial charge in [-0.15, -0.1) is 12.4 Å². The zero-order valence-corrected chi connectivity index (χ0v) is 15.4. The molecule has 0 atom stereocenters. The summed E-state index contributed by atoms with van der Waals surface area (Å²) in [7, 11) is 1.58. The molecule has 1 aromatic carbocycles.